The van der Waals surface area contributed by atoms with Crippen LogP contribution in [0.1, 0.15) is 34.3 Å². The molecule has 8 nitrogen and oxygen atoms in total. The Morgan fingerprint density at radius 1 is 1.20 bits per heavy atom. The summed E-state index contributed by atoms with van der Waals surface area (Å²) in [5, 5.41) is 3.26. The zero-order chi connectivity index (χ0) is 24.5. The number of halogens is 1. The fourth-order valence-electron chi connectivity index (χ4n) is 3.93. The largest absolute Gasteiger partial charge is 0.437 e. The number of nitrogens with two attached hydrogens (primary N) is 1. The second-order valence-corrected chi connectivity index (χ2v) is 9.20. The van der Waals surface area contributed by atoms with Crippen LogP contribution in [-0.2, 0) is 17.8 Å². The molecule has 2 aromatic heterocycles. The monoisotopic (exact) mass is 489 g/mol. The van der Waals surface area contributed by atoms with E-state index in [0.29, 0.717) is 23.2 Å². The first kappa shape index (κ1) is 22.9. The molecule has 0 radical (unpaired) electrons. The number of aryl methyl sites for hydroxylation is 1. The van der Waals surface area contributed by atoms with E-state index in [9.17, 15) is 9.59 Å². The van der Waals surface area contributed by atoms with Crippen molar-refractivity contribution >= 4 is 40.4 Å². The zero-order valence-corrected chi connectivity index (χ0v) is 19.9. The molecule has 0 bridgehead atoms. The van der Waals surface area contributed by atoms with Crippen molar-refractivity contribution in [3.63, 3.8) is 0 Å². The first-order valence-electron chi connectivity index (χ1n) is 11.3. The number of primary amides is 1. The van der Waals surface area contributed by atoms with Gasteiger partial charge < -0.3 is 15.0 Å². The molecule has 4 aromatic rings. The number of aromatic nitrogens is 3. The van der Waals surface area contributed by atoms with Crippen molar-refractivity contribution in [2.45, 2.75) is 32.7 Å². The molecule has 1 aliphatic carbocycles. The van der Waals surface area contributed by atoms with Gasteiger partial charge in [-0.1, -0.05) is 23.7 Å². The van der Waals surface area contributed by atoms with Crippen LogP contribution in [0.15, 0.2) is 54.7 Å². The molecule has 178 valence electrons. The zero-order valence-electron chi connectivity index (χ0n) is 19.1. The molecule has 0 saturated heterocycles. The van der Waals surface area contributed by atoms with Gasteiger partial charge in [0.05, 0.1) is 22.5 Å². The van der Waals surface area contributed by atoms with Crippen LogP contribution in [0.25, 0.3) is 11.0 Å². The third-order valence-electron chi connectivity index (χ3n) is 5.90. The van der Waals surface area contributed by atoms with Crippen LogP contribution in [0.3, 0.4) is 0 Å². The Morgan fingerprint density at radius 3 is 2.77 bits per heavy atom. The van der Waals surface area contributed by atoms with Crippen LogP contribution in [0.5, 0.6) is 11.6 Å². The summed E-state index contributed by atoms with van der Waals surface area (Å²) in [6, 6.07) is 14.3. The number of amides is 2. The molecule has 2 aromatic carbocycles. The number of rotatable bonds is 8. The van der Waals surface area contributed by atoms with Gasteiger partial charge in [-0.2, -0.15) is 0 Å². The smallest absolute Gasteiger partial charge is 0.254 e. The van der Waals surface area contributed by atoms with Gasteiger partial charge in [-0.3, -0.25) is 14.9 Å². The number of carbonyl (C=O) groups is 2. The lowest BCUT2D eigenvalue weighted by Gasteiger charge is -2.11. The SMILES string of the molecule is Cc1ccc2c(c1)nc(NC(=O)Cc1ccc(Oc3ncccc3C(N)=O)c(Cl)c1)n2CC1CC1. The van der Waals surface area contributed by atoms with Gasteiger partial charge in [0.25, 0.3) is 5.91 Å². The highest BCUT2D eigenvalue weighted by Crippen LogP contribution is 2.34. The van der Waals surface area contributed by atoms with Crippen molar-refractivity contribution in [2.75, 3.05) is 5.32 Å². The third kappa shape index (κ3) is 5.12. The maximum atomic E-state index is 12.9. The Hall–Kier alpha value is -3.91. The van der Waals surface area contributed by atoms with E-state index in [0.717, 1.165) is 23.1 Å². The molecular formula is C26H24ClN5O3. The topological polar surface area (TPSA) is 112 Å². The lowest BCUT2D eigenvalue weighted by atomic mass is 10.1. The van der Waals surface area contributed by atoms with Gasteiger partial charge in [0.15, 0.2) is 0 Å². The number of carbonyl (C=O) groups excluding carboxylic acids is 2. The molecular weight excluding hydrogens is 466 g/mol. The lowest BCUT2D eigenvalue weighted by molar-refractivity contribution is -0.115. The second kappa shape index (κ2) is 9.38. The number of imidazole rings is 1. The Kier molecular flexibility index (Phi) is 6.13. The predicted octanol–water partition coefficient (Wildman–Crippen LogP) is 4.88. The molecule has 0 spiro atoms. The quantitative estimate of drug-likeness (QED) is 0.366. The molecule has 0 atom stereocenters. The lowest BCUT2D eigenvalue weighted by Crippen LogP contribution is -2.18. The predicted molar refractivity (Wildman–Crippen MR) is 134 cm³/mol. The van der Waals surface area contributed by atoms with Crippen molar-refractivity contribution in [1.82, 2.24) is 14.5 Å². The molecule has 1 aliphatic rings. The number of hydrogen-bond acceptors (Lipinski definition) is 5. The van der Waals surface area contributed by atoms with Gasteiger partial charge in [-0.15, -0.1) is 0 Å². The maximum absolute atomic E-state index is 12.9. The molecule has 2 amide bonds. The van der Waals surface area contributed by atoms with E-state index in [1.165, 1.54) is 25.1 Å². The highest BCUT2D eigenvalue weighted by Gasteiger charge is 2.25. The highest BCUT2D eigenvalue weighted by molar-refractivity contribution is 6.32. The average Bonchev–Trinajstić information content (AvgIpc) is 3.58. The summed E-state index contributed by atoms with van der Waals surface area (Å²) in [6.07, 6.45) is 4.00. The number of pyridine rings is 1. The first-order chi connectivity index (χ1) is 16.9. The minimum Gasteiger partial charge on any atom is -0.437 e. The van der Waals surface area contributed by atoms with Crippen LogP contribution >= 0.6 is 11.6 Å². The van der Waals surface area contributed by atoms with Crippen molar-refractivity contribution < 1.29 is 14.3 Å². The van der Waals surface area contributed by atoms with E-state index in [1.54, 1.807) is 24.3 Å². The molecule has 9 heteroatoms. The number of ether oxygens (including phenoxy) is 1. The van der Waals surface area contributed by atoms with Gasteiger partial charge in [-0.25, -0.2) is 9.97 Å². The Morgan fingerprint density at radius 2 is 2.03 bits per heavy atom. The minimum absolute atomic E-state index is 0.0668. The summed E-state index contributed by atoms with van der Waals surface area (Å²) in [5.74, 6) is 0.711. The van der Waals surface area contributed by atoms with E-state index >= 15 is 0 Å². The fourth-order valence-corrected chi connectivity index (χ4v) is 4.18. The molecule has 1 fully saturated rings. The summed E-state index contributed by atoms with van der Waals surface area (Å²) in [6.45, 7) is 2.87. The van der Waals surface area contributed by atoms with Gasteiger partial charge in [-0.05, 0) is 73.2 Å². The molecule has 35 heavy (non-hydrogen) atoms. The van der Waals surface area contributed by atoms with Crippen molar-refractivity contribution in [2.24, 2.45) is 11.7 Å². The van der Waals surface area contributed by atoms with Gasteiger partial charge in [0.2, 0.25) is 17.7 Å². The Balaban J connectivity index is 1.31. The Bertz CT molecular complexity index is 1440. The van der Waals surface area contributed by atoms with Gasteiger partial charge >= 0.3 is 0 Å². The maximum Gasteiger partial charge on any atom is 0.254 e. The fraction of sp³-hybridized carbons (Fsp3) is 0.231. The average molecular weight is 490 g/mol. The number of nitrogens with zero attached hydrogens (tertiary/aromatic N) is 3. The van der Waals surface area contributed by atoms with Crippen LogP contribution < -0.4 is 15.8 Å². The molecule has 1 saturated carbocycles. The van der Waals surface area contributed by atoms with Gasteiger partial charge in [0, 0.05) is 12.7 Å². The Labute approximate surface area is 207 Å². The van der Waals surface area contributed by atoms with Gasteiger partial charge in [0.1, 0.15) is 11.3 Å². The minimum atomic E-state index is -0.652. The van der Waals surface area contributed by atoms with Crippen molar-refractivity contribution in [1.29, 1.82) is 0 Å². The van der Waals surface area contributed by atoms with Crippen LogP contribution in [-0.4, -0.2) is 26.3 Å². The van der Waals surface area contributed by atoms with E-state index in [1.807, 2.05) is 13.0 Å². The summed E-state index contributed by atoms with van der Waals surface area (Å²) >= 11 is 6.40. The third-order valence-corrected chi connectivity index (χ3v) is 6.19. The van der Waals surface area contributed by atoms with Crippen LogP contribution in [0.2, 0.25) is 5.02 Å². The normalized spacial score (nSPS) is 13.1. The van der Waals surface area contributed by atoms with E-state index in [-0.39, 0.29) is 28.8 Å². The summed E-state index contributed by atoms with van der Waals surface area (Å²) < 4.78 is 7.80. The molecule has 5 rings (SSSR count). The molecule has 0 aliphatic heterocycles. The van der Waals surface area contributed by atoms with E-state index < -0.39 is 5.91 Å². The molecule has 3 N–H and O–H groups in total. The van der Waals surface area contributed by atoms with Crippen molar-refractivity contribution in [3.8, 4) is 11.6 Å². The molecule has 0 unspecified atom stereocenters. The standard InChI is InChI=1S/C26H24ClN5O3/c1-15-4-8-21-20(11-15)30-26(32(21)14-16-5-6-16)31-23(33)13-17-7-9-22(19(27)12-17)35-25-18(24(28)34)3-2-10-29-25/h2-4,7-12,16H,5-6,13-14H2,1H3,(H2,28,34)(H,30,31,33). The van der Waals surface area contributed by atoms with Crippen LogP contribution in [0.4, 0.5) is 5.95 Å². The van der Waals surface area contributed by atoms with Crippen LogP contribution in [0, 0.1) is 12.8 Å². The first-order valence-corrected chi connectivity index (χ1v) is 11.7. The van der Waals surface area contributed by atoms with E-state index in [4.69, 9.17) is 22.1 Å². The highest BCUT2D eigenvalue weighted by atomic mass is 35.5. The molecule has 2 heterocycles. The number of hydrogen-bond donors (Lipinski definition) is 2. The number of fused-ring (bicyclic) bond motifs is 1. The summed E-state index contributed by atoms with van der Waals surface area (Å²) in [5.41, 5.74) is 9.25. The number of benzene rings is 2. The summed E-state index contributed by atoms with van der Waals surface area (Å²) in [4.78, 5) is 33.2. The second-order valence-electron chi connectivity index (χ2n) is 8.79. The number of nitrogens with one attached hydrogen (secondary N) is 1. The van der Waals surface area contributed by atoms with Crippen molar-refractivity contribution in [3.05, 3.63) is 76.4 Å². The summed E-state index contributed by atoms with van der Waals surface area (Å²) in [7, 11) is 0. The van der Waals surface area contributed by atoms with E-state index in [2.05, 4.69) is 32.0 Å². The number of anilines is 1.